The molecule has 1 saturated heterocycles. The molecule has 2 aromatic heterocycles. The van der Waals surface area contributed by atoms with E-state index in [0.717, 1.165) is 31.7 Å². The summed E-state index contributed by atoms with van der Waals surface area (Å²) < 4.78 is 7.28. The van der Waals surface area contributed by atoms with Crippen LogP contribution >= 0.6 is 0 Å². The molecule has 120 valence electrons. The molecular formula is C16H19N5O2. The van der Waals surface area contributed by atoms with Crippen molar-refractivity contribution in [1.29, 1.82) is 5.26 Å². The molecule has 0 atom stereocenters. The van der Waals surface area contributed by atoms with Crippen LogP contribution in [0.2, 0.25) is 0 Å². The standard InChI is InChI=1S/C16H19N5O2/c1-10-14(7-12(8-17)18-10)16(22)19-15-9-21(20-11(15)2)13-3-5-23-6-4-13/h7,9,13,18H,3-6H2,1-2H3,(H,19,22). The van der Waals surface area contributed by atoms with Gasteiger partial charge in [-0.2, -0.15) is 10.4 Å². The first-order valence-corrected chi connectivity index (χ1v) is 7.63. The van der Waals surface area contributed by atoms with E-state index in [0.29, 0.717) is 28.7 Å². The largest absolute Gasteiger partial charge is 0.381 e. The molecule has 0 unspecified atom stereocenters. The summed E-state index contributed by atoms with van der Waals surface area (Å²) in [6.45, 7) is 5.12. The van der Waals surface area contributed by atoms with Gasteiger partial charge in [-0.1, -0.05) is 0 Å². The van der Waals surface area contributed by atoms with Crippen LogP contribution in [0, 0.1) is 25.2 Å². The number of aryl methyl sites for hydroxylation is 2. The van der Waals surface area contributed by atoms with Gasteiger partial charge in [0.1, 0.15) is 11.8 Å². The summed E-state index contributed by atoms with van der Waals surface area (Å²) in [5.74, 6) is -0.241. The van der Waals surface area contributed by atoms with E-state index in [-0.39, 0.29) is 5.91 Å². The lowest BCUT2D eigenvalue weighted by molar-refractivity contribution is 0.0661. The molecule has 1 fully saturated rings. The van der Waals surface area contributed by atoms with Crippen molar-refractivity contribution < 1.29 is 9.53 Å². The molecule has 7 heteroatoms. The minimum atomic E-state index is -0.241. The minimum absolute atomic E-state index is 0.241. The molecule has 0 spiro atoms. The molecule has 1 aliphatic rings. The number of hydrogen-bond acceptors (Lipinski definition) is 4. The van der Waals surface area contributed by atoms with E-state index in [2.05, 4.69) is 15.4 Å². The Balaban J connectivity index is 1.77. The first-order valence-electron chi connectivity index (χ1n) is 7.63. The van der Waals surface area contributed by atoms with Gasteiger partial charge in [0.05, 0.1) is 23.0 Å². The van der Waals surface area contributed by atoms with E-state index in [1.54, 1.807) is 13.0 Å². The van der Waals surface area contributed by atoms with E-state index < -0.39 is 0 Å². The van der Waals surface area contributed by atoms with Crippen molar-refractivity contribution in [2.45, 2.75) is 32.7 Å². The van der Waals surface area contributed by atoms with Gasteiger partial charge in [0.2, 0.25) is 0 Å². The lowest BCUT2D eigenvalue weighted by Gasteiger charge is -2.22. The topological polar surface area (TPSA) is 95.7 Å². The zero-order valence-electron chi connectivity index (χ0n) is 13.2. The molecule has 0 radical (unpaired) electrons. The van der Waals surface area contributed by atoms with Gasteiger partial charge >= 0.3 is 0 Å². The third-order valence-corrected chi connectivity index (χ3v) is 4.11. The zero-order valence-corrected chi connectivity index (χ0v) is 13.2. The van der Waals surface area contributed by atoms with Gasteiger partial charge in [0.25, 0.3) is 5.91 Å². The van der Waals surface area contributed by atoms with Crippen LogP contribution in [-0.2, 0) is 4.74 Å². The zero-order chi connectivity index (χ0) is 16.4. The molecule has 0 bridgehead atoms. The summed E-state index contributed by atoms with van der Waals surface area (Å²) in [6.07, 6.45) is 3.73. The lowest BCUT2D eigenvalue weighted by atomic mass is 10.1. The Morgan fingerprint density at radius 3 is 2.87 bits per heavy atom. The van der Waals surface area contributed by atoms with Crippen molar-refractivity contribution in [3.8, 4) is 6.07 Å². The number of nitrogens with one attached hydrogen (secondary N) is 2. The number of nitrogens with zero attached hydrogens (tertiary/aromatic N) is 3. The number of aromatic nitrogens is 3. The van der Waals surface area contributed by atoms with Gasteiger partial charge in [-0.05, 0) is 32.8 Å². The predicted molar refractivity (Wildman–Crippen MR) is 84.3 cm³/mol. The molecule has 1 amide bonds. The van der Waals surface area contributed by atoms with Crippen molar-refractivity contribution in [3.05, 3.63) is 34.9 Å². The smallest absolute Gasteiger partial charge is 0.257 e. The van der Waals surface area contributed by atoms with Crippen LogP contribution < -0.4 is 5.32 Å². The number of hydrogen-bond donors (Lipinski definition) is 2. The molecule has 3 rings (SSSR count). The Hall–Kier alpha value is -2.59. The van der Waals surface area contributed by atoms with Crippen molar-refractivity contribution in [3.63, 3.8) is 0 Å². The monoisotopic (exact) mass is 313 g/mol. The van der Waals surface area contributed by atoms with Gasteiger partial charge in [0, 0.05) is 25.1 Å². The minimum Gasteiger partial charge on any atom is -0.381 e. The van der Waals surface area contributed by atoms with Crippen LogP contribution in [0.15, 0.2) is 12.3 Å². The van der Waals surface area contributed by atoms with Crippen LogP contribution in [0.25, 0.3) is 0 Å². The third kappa shape index (κ3) is 3.12. The number of H-pyrrole nitrogens is 1. The van der Waals surface area contributed by atoms with Gasteiger partial charge in [-0.25, -0.2) is 0 Å². The quantitative estimate of drug-likeness (QED) is 0.908. The number of aromatic amines is 1. The molecule has 23 heavy (non-hydrogen) atoms. The van der Waals surface area contributed by atoms with E-state index >= 15 is 0 Å². The predicted octanol–water partition coefficient (Wildman–Crippen LogP) is 2.30. The van der Waals surface area contributed by atoms with Crippen LogP contribution in [0.4, 0.5) is 5.69 Å². The van der Waals surface area contributed by atoms with E-state index in [9.17, 15) is 4.79 Å². The molecule has 3 heterocycles. The molecule has 0 aromatic carbocycles. The van der Waals surface area contributed by atoms with Gasteiger partial charge in [-0.3, -0.25) is 9.48 Å². The number of rotatable bonds is 3. The maximum atomic E-state index is 12.4. The SMILES string of the molecule is Cc1nn(C2CCOCC2)cc1NC(=O)c1cc(C#N)[nH]c1C. The molecule has 7 nitrogen and oxygen atoms in total. The second kappa shape index (κ2) is 6.26. The van der Waals surface area contributed by atoms with Gasteiger partial charge < -0.3 is 15.0 Å². The normalized spacial score (nSPS) is 15.3. The summed E-state index contributed by atoms with van der Waals surface area (Å²) in [6, 6.07) is 3.87. The molecule has 0 saturated carbocycles. The summed E-state index contributed by atoms with van der Waals surface area (Å²) in [7, 11) is 0. The van der Waals surface area contributed by atoms with Crippen molar-refractivity contribution in [2.24, 2.45) is 0 Å². The fraction of sp³-hybridized carbons (Fsp3) is 0.438. The second-order valence-corrected chi connectivity index (χ2v) is 5.74. The van der Waals surface area contributed by atoms with Gasteiger partial charge in [-0.15, -0.1) is 0 Å². The molecule has 2 N–H and O–H groups in total. The molecule has 2 aromatic rings. The Kier molecular flexibility index (Phi) is 4.17. The number of amides is 1. The highest BCUT2D eigenvalue weighted by molar-refractivity contribution is 6.05. The average molecular weight is 313 g/mol. The number of ether oxygens (including phenoxy) is 1. The second-order valence-electron chi connectivity index (χ2n) is 5.74. The number of carbonyl (C=O) groups is 1. The average Bonchev–Trinajstić information content (AvgIpc) is 3.11. The summed E-state index contributed by atoms with van der Waals surface area (Å²) in [5, 5.41) is 16.3. The molecule has 1 aliphatic heterocycles. The lowest BCUT2D eigenvalue weighted by Crippen LogP contribution is -2.20. The fourth-order valence-corrected chi connectivity index (χ4v) is 2.78. The van der Waals surface area contributed by atoms with E-state index in [4.69, 9.17) is 10.00 Å². The van der Waals surface area contributed by atoms with Crippen molar-refractivity contribution in [2.75, 3.05) is 18.5 Å². The van der Waals surface area contributed by atoms with Crippen LogP contribution in [0.1, 0.15) is 46.3 Å². The fourth-order valence-electron chi connectivity index (χ4n) is 2.78. The van der Waals surface area contributed by atoms with Crippen molar-refractivity contribution >= 4 is 11.6 Å². The Labute approximate surface area is 134 Å². The first kappa shape index (κ1) is 15.3. The van der Waals surface area contributed by atoms with Gasteiger partial charge in [0.15, 0.2) is 0 Å². The molecular weight excluding hydrogens is 294 g/mol. The maximum absolute atomic E-state index is 12.4. The Bertz CT molecular complexity index is 762. The molecule has 0 aliphatic carbocycles. The Morgan fingerprint density at radius 2 is 2.22 bits per heavy atom. The first-order chi connectivity index (χ1) is 11.1. The highest BCUT2D eigenvalue weighted by Gasteiger charge is 2.20. The highest BCUT2D eigenvalue weighted by atomic mass is 16.5. The van der Waals surface area contributed by atoms with Crippen LogP contribution in [-0.4, -0.2) is 33.9 Å². The number of anilines is 1. The number of nitriles is 1. The third-order valence-electron chi connectivity index (χ3n) is 4.11. The highest BCUT2D eigenvalue weighted by Crippen LogP contribution is 2.24. The van der Waals surface area contributed by atoms with Crippen molar-refractivity contribution in [1.82, 2.24) is 14.8 Å². The van der Waals surface area contributed by atoms with E-state index in [1.165, 1.54) is 0 Å². The maximum Gasteiger partial charge on any atom is 0.257 e. The summed E-state index contributed by atoms with van der Waals surface area (Å²) in [5.41, 5.74) is 3.00. The van der Waals surface area contributed by atoms with Crippen LogP contribution in [0.3, 0.4) is 0 Å². The summed E-state index contributed by atoms with van der Waals surface area (Å²) in [4.78, 5) is 15.3. The Morgan fingerprint density at radius 1 is 1.48 bits per heavy atom. The summed E-state index contributed by atoms with van der Waals surface area (Å²) >= 11 is 0. The number of carbonyl (C=O) groups excluding carboxylic acids is 1. The van der Waals surface area contributed by atoms with Crippen LogP contribution in [0.5, 0.6) is 0 Å². The van der Waals surface area contributed by atoms with E-state index in [1.807, 2.05) is 23.9 Å².